The van der Waals surface area contributed by atoms with Crippen molar-refractivity contribution in [2.75, 3.05) is 0 Å². The maximum atomic E-state index is 11.9. The molecule has 2 nitrogen and oxygen atoms in total. The van der Waals surface area contributed by atoms with Crippen LogP contribution in [0.15, 0.2) is 0 Å². The van der Waals surface area contributed by atoms with Gasteiger partial charge in [0.2, 0.25) is 0 Å². The van der Waals surface area contributed by atoms with Crippen molar-refractivity contribution in [3.63, 3.8) is 0 Å². The van der Waals surface area contributed by atoms with Crippen LogP contribution >= 0.6 is 0 Å². The highest BCUT2D eigenvalue weighted by Gasteiger charge is 2.63. The first-order valence-corrected chi connectivity index (χ1v) is 9.52. The molecule has 4 aliphatic rings. The maximum Gasteiger partial charge on any atom is 0.133 e. The van der Waals surface area contributed by atoms with Crippen LogP contribution in [0.4, 0.5) is 0 Å². The summed E-state index contributed by atoms with van der Waals surface area (Å²) in [6.07, 6.45) is 9.98. The van der Waals surface area contributed by atoms with Crippen molar-refractivity contribution in [3.8, 4) is 0 Å². The molecule has 4 aliphatic carbocycles. The third-order valence-corrected chi connectivity index (χ3v) is 9.04. The number of rotatable bonds is 0. The first kappa shape index (κ1) is 15.2. The Kier molecular flexibility index (Phi) is 3.16. The molecule has 0 amide bonds. The molecule has 0 bridgehead atoms. The van der Waals surface area contributed by atoms with Gasteiger partial charge in [-0.15, -0.1) is 0 Å². The fourth-order valence-corrected chi connectivity index (χ4v) is 7.29. The molecule has 0 aliphatic heterocycles. The average molecular weight is 304 g/mol. The SMILES string of the molecule is CC1(O)CCC2C3CCC4CC(=O)CC[C@]4(C)C3CC[C@@]21C. The maximum absolute atomic E-state index is 11.9. The predicted molar refractivity (Wildman–Crippen MR) is 87.4 cm³/mol. The third kappa shape index (κ3) is 1.79. The van der Waals surface area contributed by atoms with Gasteiger partial charge >= 0.3 is 0 Å². The summed E-state index contributed by atoms with van der Waals surface area (Å²) < 4.78 is 0. The zero-order valence-corrected chi connectivity index (χ0v) is 14.5. The molecule has 0 aromatic carbocycles. The van der Waals surface area contributed by atoms with Crippen molar-refractivity contribution in [2.24, 2.45) is 34.5 Å². The minimum Gasteiger partial charge on any atom is -0.390 e. The number of aliphatic hydroxyl groups is 1. The molecule has 4 saturated carbocycles. The van der Waals surface area contributed by atoms with Gasteiger partial charge in [0, 0.05) is 12.8 Å². The summed E-state index contributed by atoms with van der Waals surface area (Å²) in [5.41, 5.74) is 0.0530. The number of ketones is 1. The second-order valence-electron chi connectivity index (χ2n) is 9.67. The summed E-state index contributed by atoms with van der Waals surface area (Å²) in [6, 6.07) is 0. The van der Waals surface area contributed by atoms with Crippen molar-refractivity contribution >= 4 is 5.78 Å². The van der Waals surface area contributed by atoms with Crippen molar-refractivity contribution in [1.29, 1.82) is 0 Å². The third-order valence-electron chi connectivity index (χ3n) is 9.04. The smallest absolute Gasteiger partial charge is 0.133 e. The van der Waals surface area contributed by atoms with E-state index in [9.17, 15) is 9.90 Å². The molecule has 5 unspecified atom stereocenters. The van der Waals surface area contributed by atoms with E-state index in [1.165, 1.54) is 32.1 Å². The largest absolute Gasteiger partial charge is 0.390 e. The molecule has 0 aromatic heterocycles. The Morgan fingerprint density at radius 1 is 0.955 bits per heavy atom. The van der Waals surface area contributed by atoms with Gasteiger partial charge in [0.05, 0.1) is 5.60 Å². The van der Waals surface area contributed by atoms with Crippen LogP contribution in [-0.2, 0) is 4.79 Å². The van der Waals surface area contributed by atoms with E-state index in [0.717, 1.165) is 37.5 Å². The summed E-state index contributed by atoms with van der Waals surface area (Å²) in [4.78, 5) is 11.9. The van der Waals surface area contributed by atoms with E-state index in [4.69, 9.17) is 0 Å². The normalized spacial score (nSPS) is 57.9. The monoisotopic (exact) mass is 304 g/mol. The molecular formula is C20H32O2. The molecule has 4 rings (SSSR count). The molecule has 7 atom stereocenters. The first-order valence-electron chi connectivity index (χ1n) is 9.52. The molecular weight excluding hydrogens is 272 g/mol. The summed E-state index contributed by atoms with van der Waals surface area (Å²) >= 11 is 0. The van der Waals surface area contributed by atoms with Gasteiger partial charge in [0.25, 0.3) is 0 Å². The molecule has 124 valence electrons. The van der Waals surface area contributed by atoms with Crippen LogP contribution in [0.1, 0.15) is 78.6 Å². The molecule has 22 heavy (non-hydrogen) atoms. The van der Waals surface area contributed by atoms with E-state index >= 15 is 0 Å². The fraction of sp³-hybridized carbons (Fsp3) is 0.950. The van der Waals surface area contributed by atoms with Crippen LogP contribution in [0, 0.1) is 34.5 Å². The number of hydrogen-bond acceptors (Lipinski definition) is 2. The first-order chi connectivity index (χ1) is 10.3. The minimum absolute atomic E-state index is 0.127. The fourth-order valence-electron chi connectivity index (χ4n) is 7.29. The summed E-state index contributed by atoms with van der Waals surface area (Å²) in [7, 11) is 0. The van der Waals surface area contributed by atoms with Crippen LogP contribution in [0.25, 0.3) is 0 Å². The van der Waals surface area contributed by atoms with Gasteiger partial charge in [0.1, 0.15) is 5.78 Å². The summed E-state index contributed by atoms with van der Waals surface area (Å²) in [5.74, 6) is 3.44. The Labute approximate surface area is 135 Å². The lowest BCUT2D eigenvalue weighted by molar-refractivity contribution is -0.152. The number of carbonyl (C=O) groups excluding carboxylic acids is 1. The van der Waals surface area contributed by atoms with Crippen LogP contribution in [0.5, 0.6) is 0 Å². The van der Waals surface area contributed by atoms with Crippen LogP contribution in [0.2, 0.25) is 0 Å². The molecule has 2 heteroatoms. The van der Waals surface area contributed by atoms with Gasteiger partial charge in [-0.25, -0.2) is 0 Å². The van der Waals surface area contributed by atoms with E-state index in [1.54, 1.807) is 0 Å². The Morgan fingerprint density at radius 3 is 2.45 bits per heavy atom. The van der Waals surface area contributed by atoms with Gasteiger partial charge in [-0.1, -0.05) is 13.8 Å². The number of carbonyl (C=O) groups is 1. The lowest BCUT2D eigenvalue weighted by Gasteiger charge is -2.60. The molecule has 0 spiro atoms. The van der Waals surface area contributed by atoms with E-state index in [-0.39, 0.29) is 5.41 Å². The highest BCUT2D eigenvalue weighted by atomic mass is 16.3. The number of hydrogen-bond donors (Lipinski definition) is 1. The van der Waals surface area contributed by atoms with Gasteiger partial charge in [-0.3, -0.25) is 4.79 Å². The van der Waals surface area contributed by atoms with Gasteiger partial charge in [-0.2, -0.15) is 0 Å². The van der Waals surface area contributed by atoms with Crippen LogP contribution in [0.3, 0.4) is 0 Å². The Morgan fingerprint density at radius 2 is 1.68 bits per heavy atom. The highest BCUT2D eigenvalue weighted by molar-refractivity contribution is 5.79. The molecule has 0 saturated heterocycles. The molecule has 0 aromatic rings. The standard InChI is InChI=1S/C20H32O2/c1-18-9-6-14(21)12-13(18)4-5-15-16(18)7-10-19(2)17(15)8-11-20(19,3)22/h13,15-17,22H,4-12H2,1-3H3/t13?,15?,16?,17?,18-,19-,20?/m0/s1. The Hall–Kier alpha value is -0.370. The van der Waals surface area contributed by atoms with Crippen molar-refractivity contribution in [2.45, 2.75) is 84.2 Å². The molecule has 0 radical (unpaired) electrons. The highest BCUT2D eigenvalue weighted by Crippen LogP contribution is 2.67. The lowest BCUT2D eigenvalue weighted by Crippen LogP contribution is -2.55. The second kappa shape index (κ2) is 4.59. The van der Waals surface area contributed by atoms with Crippen LogP contribution < -0.4 is 0 Å². The molecule has 1 N–H and O–H groups in total. The Bertz CT molecular complexity index is 496. The summed E-state index contributed by atoms with van der Waals surface area (Å²) in [5, 5.41) is 10.9. The second-order valence-corrected chi connectivity index (χ2v) is 9.67. The number of fused-ring (bicyclic) bond motifs is 5. The summed E-state index contributed by atoms with van der Waals surface area (Å²) in [6.45, 7) is 6.94. The molecule has 4 fully saturated rings. The zero-order chi connectivity index (χ0) is 15.8. The van der Waals surface area contributed by atoms with E-state index in [1.807, 2.05) is 0 Å². The lowest BCUT2D eigenvalue weighted by atomic mass is 9.44. The quantitative estimate of drug-likeness (QED) is 0.722. The van der Waals surface area contributed by atoms with Crippen molar-refractivity contribution in [1.82, 2.24) is 0 Å². The zero-order valence-electron chi connectivity index (χ0n) is 14.5. The van der Waals surface area contributed by atoms with Gasteiger partial charge in [-0.05, 0) is 86.4 Å². The average Bonchev–Trinajstić information content (AvgIpc) is 2.70. The van der Waals surface area contributed by atoms with Gasteiger partial charge < -0.3 is 5.11 Å². The number of Topliss-reactive ketones (excluding diaryl/α,β-unsaturated/α-hetero) is 1. The van der Waals surface area contributed by atoms with Gasteiger partial charge in [0.15, 0.2) is 0 Å². The Balaban J connectivity index is 1.65. The predicted octanol–water partition coefficient (Wildman–Crippen LogP) is 4.35. The van der Waals surface area contributed by atoms with Crippen LogP contribution in [-0.4, -0.2) is 16.5 Å². The van der Waals surface area contributed by atoms with Crippen molar-refractivity contribution in [3.05, 3.63) is 0 Å². The van der Waals surface area contributed by atoms with E-state index < -0.39 is 5.60 Å². The molecule has 0 heterocycles. The van der Waals surface area contributed by atoms with E-state index in [2.05, 4.69) is 20.8 Å². The van der Waals surface area contributed by atoms with E-state index in [0.29, 0.717) is 23.0 Å². The topological polar surface area (TPSA) is 37.3 Å². The minimum atomic E-state index is -0.469. The van der Waals surface area contributed by atoms with Crippen molar-refractivity contribution < 1.29 is 9.90 Å².